The number of aromatic nitrogens is 2. The smallest absolute Gasteiger partial charge is 0.151 e. The van der Waals surface area contributed by atoms with E-state index < -0.39 is 0 Å². The lowest BCUT2D eigenvalue weighted by molar-refractivity contribution is 0.415. The molecule has 0 amide bonds. The molecule has 1 aliphatic rings. The van der Waals surface area contributed by atoms with Crippen molar-refractivity contribution in [3.05, 3.63) is 17.8 Å². The Morgan fingerprint density at radius 1 is 1.15 bits per heavy atom. The molecule has 0 saturated heterocycles. The second-order valence-electron chi connectivity index (χ2n) is 5.64. The highest BCUT2D eigenvalue weighted by Crippen LogP contribution is 2.25. The molecule has 0 unspecified atom stereocenters. The third kappa shape index (κ3) is 4.17. The molecule has 0 radical (unpaired) electrons. The number of rotatable bonds is 7. The second kappa shape index (κ2) is 8.20. The van der Waals surface area contributed by atoms with E-state index in [9.17, 15) is 0 Å². The van der Waals surface area contributed by atoms with Gasteiger partial charge in [0.15, 0.2) is 5.82 Å². The predicted molar refractivity (Wildman–Crippen MR) is 83.9 cm³/mol. The fourth-order valence-corrected chi connectivity index (χ4v) is 2.99. The fourth-order valence-electron chi connectivity index (χ4n) is 2.99. The van der Waals surface area contributed by atoms with Crippen LogP contribution in [0.15, 0.2) is 12.1 Å². The number of nitrogens with one attached hydrogen (secondary N) is 1. The third-order valence-electron chi connectivity index (χ3n) is 4.09. The Bertz CT molecular complexity index is 371. The van der Waals surface area contributed by atoms with Crippen LogP contribution in [0, 0.1) is 0 Å². The summed E-state index contributed by atoms with van der Waals surface area (Å²) in [6.07, 6.45) is 7.85. The van der Waals surface area contributed by atoms with Crippen LogP contribution in [0.1, 0.15) is 58.1 Å². The zero-order chi connectivity index (χ0) is 14.2. The van der Waals surface area contributed by atoms with E-state index in [4.69, 9.17) is 0 Å². The van der Waals surface area contributed by atoms with Gasteiger partial charge in [-0.05, 0) is 44.9 Å². The maximum absolute atomic E-state index is 4.44. The molecule has 4 nitrogen and oxygen atoms in total. The van der Waals surface area contributed by atoms with Gasteiger partial charge in [-0.2, -0.15) is 5.10 Å². The maximum atomic E-state index is 4.44. The standard InChI is InChI=1S/C16H28N4/c1-3-12-17-13-14-10-11-16(19-18-14)20(4-2)15-8-6-5-7-9-15/h10-11,15,17H,3-9,12-13H2,1-2H3. The van der Waals surface area contributed by atoms with Crippen LogP contribution in [0.4, 0.5) is 5.82 Å². The molecule has 1 aromatic heterocycles. The molecule has 1 heterocycles. The van der Waals surface area contributed by atoms with Crippen molar-refractivity contribution >= 4 is 5.82 Å². The number of nitrogens with zero attached hydrogens (tertiary/aromatic N) is 3. The molecule has 0 bridgehead atoms. The van der Waals surface area contributed by atoms with E-state index in [0.29, 0.717) is 6.04 Å². The lowest BCUT2D eigenvalue weighted by Crippen LogP contribution is -2.37. The first-order valence-electron chi connectivity index (χ1n) is 8.15. The van der Waals surface area contributed by atoms with Crippen LogP contribution in [0.3, 0.4) is 0 Å². The van der Waals surface area contributed by atoms with Crippen molar-refractivity contribution in [2.45, 2.75) is 65.0 Å². The summed E-state index contributed by atoms with van der Waals surface area (Å²) in [5.41, 5.74) is 1.03. The van der Waals surface area contributed by atoms with Crippen LogP contribution in [0.5, 0.6) is 0 Å². The summed E-state index contributed by atoms with van der Waals surface area (Å²) in [5.74, 6) is 1.04. The van der Waals surface area contributed by atoms with E-state index in [-0.39, 0.29) is 0 Å². The largest absolute Gasteiger partial charge is 0.352 e. The van der Waals surface area contributed by atoms with Crippen molar-refractivity contribution < 1.29 is 0 Å². The van der Waals surface area contributed by atoms with Crippen LogP contribution in [-0.4, -0.2) is 29.3 Å². The zero-order valence-electron chi connectivity index (χ0n) is 12.9. The normalized spacial score (nSPS) is 16.3. The molecule has 4 heteroatoms. The summed E-state index contributed by atoms with van der Waals surface area (Å²) < 4.78 is 0. The minimum absolute atomic E-state index is 0.659. The van der Waals surface area contributed by atoms with E-state index in [1.54, 1.807) is 0 Å². The molecule has 1 fully saturated rings. The highest BCUT2D eigenvalue weighted by molar-refractivity contribution is 5.38. The Morgan fingerprint density at radius 3 is 2.55 bits per heavy atom. The Balaban J connectivity index is 1.95. The van der Waals surface area contributed by atoms with Crippen molar-refractivity contribution in [1.29, 1.82) is 0 Å². The van der Waals surface area contributed by atoms with Crippen LogP contribution in [0.25, 0.3) is 0 Å². The van der Waals surface area contributed by atoms with Gasteiger partial charge in [0.1, 0.15) is 0 Å². The molecule has 1 aliphatic carbocycles. The van der Waals surface area contributed by atoms with Gasteiger partial charge < -0.3 is 10.2 Å². The SMILES string of the molecule is CCCNCc1ccc(N(CC)C2CCCCC2)nn1. The van der Waals surface area contributed by atoms with E-state index >= 15 is 0 Å². The molecule has 112 valence electrons. The van der Waals surface area contributed by atoms with Crippen LogP contribution in [0.2, 0.25) is 0 Å². The van der Waals surface area contributed by atoms with Gasteiger partial charge in [0.05, 0.1) is 5.69 Å². The summed E-state index contributed by atoms with van der Waals surface area (Å²) in [6.45, 7) is 7.26. The van der Waals surface area contributed by atoms with E-state index in [2.05, 4.69) is 46.4 Å². The van der Waals surface area contributed by atoms with Gasteiger partial charge in [-0.1, -0.05) is 26.2 Å². The fraction of sp³-hybridized carbons (Fsp3) is 0.750. The molecule has 20 heavy (non-hydrogen) atoms. The Labute approximate surface area is 123 Å². The van der Waals surface area contributed by atoms with Gasteiger partial charge in [0.25, 0.3) is 0 Å². The molecular weight excluding hydrogens is 248 g/mol. The summed E-state index contributed by atoms with van der Waals surface area (Å²) in [5, 5.41) is 12.2. The van der Waals surface area contributed by atoms with Gasteiger partial charge >= 0.3 is 0 Å². The van der Waals surface area contributed by atoms with Crippen molar-refractivity contribution in [2.75, 3.05) is 18.0 Å². The van der Waals surface area contributed by atoms with Gasteiger partial charge in [-0.15, -0.1) is 5.10 Å². The van der Waals surface area contributed by atoms with Crippen LogP contribution >= 0.6 is 0 Å². The van der Waals surface area contributed by atoms with Crippen LogP contribution in [-0.2, 0) is 6.54 Å². The van der Waals surface area contributed by atoms with Gasteiger partial charge in [0.2, 0.25) is 0 Å². The number of hydrogen-bond donors (Lipinski definition) is 1. The third-order valence-corrected chi connectivity index (χ3v) is 4.09. The maximum Gasteiger partial charge on any atom is 0.151 e. The van der Waals surface area contributed by atoms with Crippen molar-refractivity contribution in [3.63, 3.8) is 0 Å². The zero-order valence-corrected chi connectivity index (χ0v) is 12.9. The number of hydrogen-bond acceptors (Lipinski definition) is 4. The molecule has 0 spiro atoms. The second-order valence-corrected chi connectivity index (χ2v) is 5.64. The Kier molecular flexibility index (Phi) is 6.25. The average Bonchev–Trinajstić information content (AvgIpc) is 2.51. The minimum Gasteiger partial charge on any atom is -0.352 e. The molecule has 2 rings (SSSR count). The lowest BCUT2D eigenvalue weighted by Gasteiger charge is -2.34. The summed E-state index contributed by atoms with van der Waals surface area (Å²) in [7, 11) is 0. The molecule has 0 aromatic carbocycles. The average molecular weight is 276 g/mol. The predicted octanol–water partition coefficient (Wildman–Crippen LogP) is 3.14. The molecular formula is C16H28N4. The quantitative estimate of drug-likeness (QED) is 0.777. The van der Waals surface area contributed by atoms with Gasteiger partial charge in [0, 0.05) is 19.1 Å². The summed E-state index contributed by atoms with van der Waals surface area (Å²) in [6, 6.07) is 4.90. The summed E-state index contributed by atoms with van der Waals surface area (Å²) >= 11 is 0. The Morgan fingerprint density at radius 2 is 1.95 bits per heavy atom. The summed E-state index contributed by atoms with van der Waals surface area (Å²) in [4.78, 5) is 2.43. The molecule has 1 saturated carbocycles. The van der Waals surface area contributed by atoms with Crippen LogP contribution < -0.4 is 10.2 Å². The van der Waals surface area contributed by atoms with Gasteiger partial charge in [-0.3, -0.25) is 0 Å². The molecule has 0 aliphatic heterocycles. The first kappa shape index (κ1) is 15.2. The van der Waals surface area contributed by atoms with Crippen molar-refractivity contribution in [2.24, 2.45) is 0 Å². The van der Waals surface area contributed by atoms with Crippen molar-refractivity contribution in [1.82, 2.24) is 15.5 Å². The first-order chi connectivity index (χ1) is 9.85. The minimum atomic E-state index is 0.659. The number of anilines is 1. The Hall–Kier alpha value is -1.16. The van der Waals surface area contributed by atoms with Crippen molar-refractivity contribution in [3.8, 4) is 0 Å². The first-order valence-corrected chi connectivity index (χ1v) is 8.15. The van der Waals surface area contributed by atoms with E-state index in [1.807, 2.05) is 0 Å². The monoisotopic (exact) mass is 276 g/mol. The van der Waals surface area contributed by atoms with Gasteiger partial charge in [-0.25, -0.2) is 0 Å². The topological polar surface area (TPSA) is 41.0 Å². The van der Waals surface area contributed by atoms with E-state index in [0.717, 1.165) is 37.6 Å². The molecule has 0 atom stereocenters. The highest BCUT2D eigenvalue weighted by Gasteiger charge is 2.21. The molecule has 1 aromatic rings. The lowest BCUT2D eigenvalue weighted by atomic mass is 9.94. The van der Waals surface area contributed by atoms with E-state index in [1.165, 1.54) is 32.1 Å². The molecule has 1 N–H and O–H groups in total. The highest BCUT2D eigenvalue weighted by atomic mass is 15.3.